The molecular weight excluding hydrogens is 296 g/mol. The number of hydrogen-bond acceptors (Lipinski definition) is 5. The Morgan fingerprint density at radius 3 is 3.00 bits per heavy atom. The lowest BCUT2D eigenvalue weighted by atomic mass is 10.4. The molecule has 0 bridgehead atoms. The third-order valence-corrected chi connectivity index (χ3v) is 3.78. The monoisotopic (exact) mass is 318 g/mol. The molecule has 3 heterocycles. The Labute approximate surface area is 135 Å². The molecule has 0 aliphatic carbocycles. The van der Waals surface area contributed by atoms with Crippen LogP contribution in [0.25, 0.3) is 0 Å². The van der Waals surface area contributed by atoms with Crippen LogP contribution in [0.15, 0.2) is 28.9 Å². The maximum atomic E-state index is 12.2. The zero-order chi connectivity index (χ0) is 16.1. The maximum absolute atomic E-state index is 12.2. The smallest absolute Gasteiger partial charge is 0.291 e. The first-order valence-corrected chi connectivity index (χ1v) is 7.97. The summed E-state index contributed by atoms with van der Waals surface area (Å²) in [7, 11) is 0. The van der Waals surface area contributed by atoms with Crippen LogP contribution in [0.4, 0.5) is 5.69 Å². The quantitative estimate of drug-likeness (QED) is 0.848. The number of nitrogens with zero attached hydrogens (tertiary/aromatic N) is 3. The second-order valence-electron chi connectivity index (χ2n) is 5.59. The molecule has 124 valence electrons. The van der Waals surface area contributed by atoms with Crippen LogP contribution in [-0.4, -0.2) is 40.3 Å². The molecule has 3 rings (SSSR count). The molecule has 1 saturated heterocycles. The molecular formula is C16H22N4O3. The summed E-state index contributed by atoms with van der Waals surface area (Å²) in [6, 6.07) is 3.58. The number of nitrogens with one attached hydrogen (secondary N) is 1. The molecule has 2 aromatic rings. The molecule has 1 fully saturated rings. The van der Waals surface area contributed by atoms with Gasteiger partial charge in [0.2, 0.25) is 0 Å². The van der Waals surface area contributed by atoms with E-state index in [0.29, 0.717) is 24.8 Å². The van der Waals surface area contributed by atoms with E-state index >= 15 is 0 Å². The average molecular weight is 318 g/mol. The van der Waals surface area contributed by atoms with Gasteiger partial charge in [0, 0.05) is 6.61 Å². The van der Waals surface area contributed by atoms with Gasteiger partial charge in [-0.2, -0.15) is 5.10 Å². The largest absolute Gasteiger partial charge is 0.455 e. The van der Waals surface area contributed by atoms with Gasteiger partial charge in [0.15, 0.2) is 5.76 Å². The number of aromatic nitrogens is 2. The van der Waals surface area contributed by atoms with E-state index in [1.807, 2.05) is 13.0 Å². The van der Waals surface area contributed by atoms with Crippen molar-refractivity contribution in [3.8, 4) is 0 Å². The van der Waals surface area contributed by atoms with Gasteiger partial charge in [-0.3, -0.25) is 9.69 Å². The zero-order valence-electron chi connectivity index (χ0n) is 13.3. The Morgan fingerprint density at radius 2 is 2.22 bits per heavy atom. The van der Waals surface area contributed by atoms with Crippen LogP contribution >= 0.6 is 0 Å². The summed E-state index contributed by atoms with van der Waals surface area (Å²) in [6.45, 7) is 5.87. The van der Waals surface area contributed by atoms with Gasteiger partial charge in [-0.15, -0.1) is 0 Å². The minimum Gasteiger partial charge on any atom is -0.455 e. The predicted molar refractivity (Wildman–Crippen MR) is 85.0 cm³/mol. The Bertz CT molecular complexity index is 643. The molecule has 0 spiro atoms. The van der Waals surface area contributed by atoms with Crippen LogP contribution in [0.3, 0.4) is 0 Å². The molecule has 0 saturated carbocycles. The number of amides is 1. The van der Waals surface area contributed by atoms with Crippen LogP contribution in [0, 0.1) is 0 Å². The van der Waals surface area contributed by atoms with Crippen molar-refractivity contribution in [3.63, 3.8) is 0 Å². The van der Waals surface area contributed by atoms with Crippen molar-refractivity contribution in [3.05, 3.63) is 36.0 Å². The van der Waals surface area contributed by atoms with E-state index in [0.717, 1.165) is 25.4 Å². The van der Waals surface area contributed by atoms with Crippen LogP contribution in [-0.2, 0) is 18.0 Å². The highest BCUT2D eigenvalue weighted by Gasteiger charge is 2.16. The van der Waals surface area contributed by atoms with Gasteiger partial charge >= 0.3 is 0 Å². The van der Waals surface area contributed by atoms with Gasteiger partial charge in [0.25, 0.3) is 5.91 Å². The summed E-state index contributed by atoms with van der Waals surface area (Å²) in [6.07, 6.45) is 5.78. The lowest BCUT2D eigenvalue weighted by Crippen LogP contribution is -2.17. The lowest BCUT2D eigenvalue weighted by Gasteiger charge is -2.11. The Hall–Kier alpha value is -2.12. The first-order chi connectivity index (χ1) is 11.2. The molecule has 0 radical (unpaired) electrons. The summed E-state index contributed by atoms with van der Waals surface area (Å²) in [5.74, 6) is 0.870. The summed E-state index contributed by atoms with van der Waals surface area (Å²) in [4.78, 5) is 14.5. The first kappa shape index (κ1) is 15.8. The second-order valence-corrected chi connectivity index (χ2v) is 5.59. The lowest BCUT2D eigenvalue weighted by molar-refractivity contribution is 0.0792. The van der Waals surface area contributed by atoms with Crippen molar-refractivity contribution >= 4 is 11.6 Å². The molecule has 1 aliphatic heterocycles. The highest BCUT2D eigenvalue weighted by Crippen LogP contribution is 2.16. The van der Waals surface area contributed by atoms with Crippen molar-refractivity contribution in [2.75, 3.05) is 25.0 Å². The summed E-state index contributed by atoms with van der Waals surface area (Å²) in [5, 5.41) is 6.89. The van der Waals surface area contributed by atoms with Crippen molar-refractivity contribution in [1.29, 1.82) is 0 Å². The molecule has 0 aromatic carbocycles. The number of likely N-dealkylation sites (tertiary alicyclic amines) is 1. The van der Waals surface area contributed by atoms with E-state index in [4.69, 9.17) is 9.15 Å². The van der Waals surface area contributed by atoms with Crippen LogP contribution in [0.2, 0.25) is 0 Å². The number of furan rings is 1. The van der Waals surface area contributed by atoms with Gasteiger partial charge in [0.05, 0.1) is 24.6 Å². The first-order valence-electron chi connectivity index (χ1n) is 7.97. The van der Waals surface area contributed by atoms with Crippen LogP contribution in [0.5, 0.6) is 0 Å². The average Bonchev–Trinajstić information content (AvgIpc) is 3.27. The molecule has 2 aromatic heterocycles. The SMILES string of the molecule is CCOCn1cc(NC(=O)c2ccc(CN3CCCC3)o2)cn1. The minimum atomic E-state index is -0.270. The summed E-state index contributed by atoms with van der Waals surface area (Å²) in [5.41, 5.74) is 0.618. The molecule has 7 heteroatoms. The molecule has 1 aliphatic rings. The molecule has 0 unspecified atom stereocenters. The third-order valence-electron chi connectivity index (χ3n) is 3.78. The number of carbonyl (C=O) groups excluding carboxylic acids is 1. The number of carbonyl (C=O) groups is 1. The van der Waals surface area contributed by atoms with E-state index in [9.17, 15) is 4.79 Å². The van der Waals surface area contributed by atoms with Gasteiger partial charge in [-0.25, -0.2) is 4.68 Å². The van der Waals surface area contributed by atoms with Crippen molar-refractivity contribution < 1.29 is 13.9 Å². The van der Waals surface area contributed by atoms with E-state index < -0.39 is 0 Å². The highest BCUT2D eigenvalue weighted by atomic mass is 16.5. The van der Waals surface area contributed by atoms with Crippen molar-refractivity contribution in [2.24, 2.45) is 0 Å². The predicted octanol–water partition coefficient (Wildman–Crippen LogP) is 2.32. The number of anilines is 1. The number of hydrogen-bond donors (Lipinski definition) is 1. The normalized spacial score (nSPS) is 15.2. The maximum Gasteiger partial charge on any atom is 0.291 e. The van der Waals surface area contributed by atoms with Crippen molar-refractivity contribution in [2.45, 2.75) is 33.0 Å². The Kier molecular flexibility index (Phi) is 5.09. The fourth-order valence-corrected chi connectivity index (χ4v) is 2.62. The second kappa shape index (κ2) is 7.43. The number of rotatable bonds is 7. The summed E-state index contributed by atoms with van der Waals surface area (Å²) >= 11 is 0. The fraction of sp³-hybridized carbons (Fsp3) is 0.500. The van der Waals surface area contributed by atoms with E-state index in [1.165, 1.54) is 12.8 Å². The number of ether oxygens (including phenoxy) is 1. The van der Waals surface area contributed by atoms with E-state index in [-0.39, 0.29) is 5.91 Å². The Balaban J connectivity index is 1.55. The van der Waals surface area contributed by atoms with E-state index in [2.05, 4.69) is 15.3 Å². The molecule has 1 N–H and O–H groups in total. The topological polar surface area (TPSA) is 72.5 Å². The minimum absolute atomic E-state index is 0.270. The van der Waals surface area contributed by atoms with Crippen LogP contribution < -0.4 is 5.32 Å². The summed E-state index contributed by atoms with van der Waals surface area (Å²) < 4.78 is 12.5. The van der Waals surface area contributed by atoms with Gasteiger partial charge in [0.1, 0.15) is 12.5 Å². The third kappa shape index (κ3) is 4.20. The Morgan fingerprint density at radius 1 is 1.39 bits per heavy atom. The van der Waals surface area contributed by atoms with Gasteiger partial charge < -0.3 is 14.5 Å². The van der Waals surface area contributed by atoms with Gasteiger partial charge in [-0.1, -0.05) is 0 Å². The van der Waals surface area contributed by atoms with Gasteiger partial charge in [-0.05, 0) is 45.0 Å². The van der Waals surface area contributed by atoms with Crippen molar-refractivity contribution in [1.82, 2.24) is 14.7 Å². The molecule has 23 heavy (non-hydrogen) atoms. The zero-order valence-corrected chi connectivity index (χ0v) is 13.3. The fourth-order valence-electron chi connectivity index (χ4n) is 2.62. The molecule has 7 nitrogen and oxygen atoms in total. The highest BCUT2D eigenvalue weighted by molar-refractivity contribution is 6.02. The molecule has 1 amide bonds. The molecule has 0 atom stereocenters. The standard InChI is InChI=1S/C16H22N4O3/c1-2-22-12-20-10-13(9-17-20)18-16(21)15-6-5-14(23-15)11-19-7-3-4-8-19/h5-6,9-10H,2-4,7-8,11-12H2,1H3,(H,18,21). The van der Waals surface area contributed by atoms with E-state index in [1.54, 1.807) is 23.1 Å². The van der Waals surface area contributed by atoms with Crippen LogP contribution in [0.1, 0.15) is 36.1 Å².